The number of hydrogen-bond donors (Lipinski definition) is 3. The predicted molar refractivity (Wildman–Crippen MR) is 126 cm³/mol. The van der Waals surface area contributed by atoms with Crippen molar-refractivity contribution in [2.45, 2.75) is 45.5 Å². The second-order valence-corrected chi connectivity index (χ2v) is 8.28. The fourth-order valence-electron chi connectivity index (χ4n) is 3.59. The third-order valence-corrected chi connectivity index (χ3v) is 5.60. The van der Waals surface area contributed by atoms with Gasteiger partial charge in [0, 0.05) is 18.2 Å². The largest absolute Gasteiger partial charge is 0.424 e. The van der Waals surface area contributed by atoms with E-state index in [0.717, 1.165) is 5.56 Å². The second-order valence-electron chi connectivity index (χ2n) is 8.28. The summed E-state index contributed by atoms with van der Waals surface area (Å²) in [7, 11) is 1.66. The lowest BCUT2D eigenvalue weighted by molar-refractivity contribution is -0.130. The number of benzene rings is 1. The van der Waals surface area contributed by atoms with Gasteiger partial charge in [-0.2, -0.15) is 5.26 Å². The standard InChI is InChI=1S/C24H28N6O4/c1-14(2)20(29-22(31)15(3)26-4)23(32)30-19(12-16-9-7-11-27-21(16)30)34-24(33)28-18-10-6-5-8-17(18)13-25/h5-11,14-15,19-20,26H,12H2,1-4H3,(H,28,33)(H,29,31)/t15-,19-,20-/m0/s1. The molecule has 3 N–H and O–H groups in total. The molecule has 2 heterocycles. The van der Waals surface area contributed by atoms with E-state index in [9.17, 15) is 19.6 Å². The Labute approximate surface area is 198 Å². The van der Waals surface area contributed by atoms with Crippen LogP contribution in [0.5, 0.6) is 0 Å². The molecule has 0 saturated heterocycles. The molecule has 3 rings (SSSR count). The third kappa shape index (κ3) is 5.32. The number of ether oxygens (including phenoxy) is 1. The average molecular weight is 465 g/mol. The molecule has 3 amide bonds. The van der Waals surface area contributed by atoms with Gasteiger partial charge in [-0.05, 0) is 38.1 Å². The van der Waals surface area contributed by atoms with Gasteiger partial charge in [0.15, 0.2) is 6.23 Å². The number of anilines is 2. The highest BCUT2D eigenvalue weighted by molar-refractivity contribution is 6.01. The molecule has 10 heteroatoms. The molecular formula is C24H28N6O4. The summed E-state index contributed by atoms with van der Waals surface area (Å²) in [6.45, 7) is 5.34. The summed E-state index contributed by atoms with van der Waals surface area (Å²) in [6.07, 6.45) is 0.0174. The van der Waals surface area contributed by atoms with Crippen LogP contribution in [-0.2, 0) is 20.7 Å². The Bertz CT molecular complexity index is 1110. The third-order valence-electron chi connectivity index (χ3n) is 5.60. The molecule has 0 spiro atoms. The predicted octanol–water partition coefficient (Wildman–Crippen LogP) is 2.17. The van der Waals surface area contributed by atoms with Crippen LogP contribution in [0.2, 0.25) is 0 Å². The van der Waals surface area contributed by atoms with E-state index in [0.29, 0.717) is 11.5 Å². The van der Waals surface area contributed by atoms with E-state index in [2.05, 4.69) is 20.9 Å². The van der Waals surface area contributed by atoms with E-state index < -0.39 is 30.3 Å². The Hall–Kier alpha value is -3.97. The van der Waals surface area contributed by atoms with E-state index in [-0.39, 0.29) is 23.8 Å². The molecule has 2 aromatic rings. The second kappa shape index (κ2) is 10.8. The molecular weight excluding hydrogens is 436 g/mol. The maximum Gasteiger partial charge on any atom is 0.413 e. The van der Waals surface area contributed by atoms with Gasteiger partial charge in [-0.3, -0.25) is 19.8 Å². The van der Waals surface area contributed by atoms with Gasteiger partial charge in [0.1, 0.15) is 17.9 Å². The maximum absolute atomic E-state index is 13.6. The van der Waals surface area contributed by atoms with Crippen molar-refractivity contribution in [1.29, 1.82) is 5.26 Å². The molecule has 0 unspecified atom stereocenters. The SMILES string of the molecule is CN[C@@H](C)C(=O)N[C@H](C(=O)N1c2ncccc2C[C@@H]1OC(=O)Nc1ccccc1C#N)C(C)C. The zero-order chi connectivity index (χ0) is 24.8. The van der Waals surface area contributed by atoms with Crippen LogP contribution in [0.3, 0.4) is 0 Å². The fraction of sp³-hybridized carbons (Fsp3) is 0.375. The molecule has 10 nitrogen and oxygen atoms in total. The van der Waals surface area contributed by atoms with Crippen LogP contribution >= 0.6 is 0 Å². The van der Waals surface area contributed by atoms with Crippen LogP contribution in [0, 0.1) is 17.2 Å². The van der Waals surface area contributed by atoms with Gasteiger partial charge in [0.05, 0.1) is 17.3 Å². The van der Waals surface area contributed by atoms with E-state index in [1.54, 1.807) is 56.6 Å². The zero-order valence-electron chi connectivity index (χ0n) is 19.5. The number of pyridine rings is 1. The number of carbonyl (C=O) groups excluding carboxylic acids is 3. The highest BCUT2D eigenvalue weighted by Crippen LogP contribution is 2.32. The summed E-state index contributed by atoms with van der Waals surface area (Å²) in [5, 5.41) is 17.5. The van der Waals surface area contributed by atoms with Gasteiger partial charge in [-0.15, -0.1) is 0 Å². The minimum atomic E-state index is -0.966. The minimum absolute atomic E-state index is 0.231. The van der Waals surface area contributed by atoms with Crippen LogP contribution in [-0.4, -0.2) is 48.3 Å². The topological polar surface area (TPSA) is 136 Å². The zero-order valence-corrected chi connectivity index (χ0v) is 19.5. The monoisotopic (exact) mass is 464 g/mol. The molecule has 0 aliphatic carbocycles. The molecule has 0 saturated carbocycles. The molecule has 178 valence electrons. The van der Waals surface area contributed by atoms with Gasteiger partial charge in [-0.25, -0.2) is 9.78 Å². The first-order chi connectivity index (χ1) is 16.3. The number of nitrogens with one attached hydrogen (secondary N) is 3. The van der Waals surface area contributed by atoms with Crippen molar-refractivity contribution in [3.8, 4) is 6.07 Å². The van der Waals surface area contributed by atoms with Crippen molar-refractivity contribution in [3.63, 3.8) is 0 Å². The van der Waals surface area contributed by atoms with Crippen molar-refractivity contribution in [2.75, 3.05) is 17.3 Å². The Balaban J connectivity index is 1.84. The average Bonchev–Trinajstić information content (AvgIpc) is 3.18. The molecule has 1 aliphatic rings. The molecule has 1 aromatic heterocycles. The lowest BCUT2D eigenvalue weighted by atomic mass is 10.0. The van der Waals surface area contributed by atoms with Crippen LogP contribution in [0.15, 0.2) is 42.6 Å². The summed E-state index contributed by atoms with van der Waals surface area (Å²) < 4.78 is 5.62. The number of rotatable bonds is 7. The number of fused-ring (bicyclic) bond motifs is 1. The van der Waals surface area contributed by atoms with Crippen LogP contribution in [0.4, 0.5) is 16.3 Å². The molecule has 3 atom stereocenters. The first-order valence-electron chi connectivity index (χ1n) is 11.0. The summed E-state index contributed by atoms with van der Waals surface area (Å²) >= 11 is 0. The number of carbonyl (C=O) groups is 3. The molecule has 1 aromatic carbocycles. The van der Waals surface area contributed by atoms with E-state index >= 15 is 0 Å². The van der Waals surface area contributed by atoms with Crippen molar-refractivity contribution in [1.82, 2.24) is 15.6 Å². The van der Waals surface area contributed by atoms with Gasteiger partial charge in [0.2, 0.25) is 5.91 Å². The number of para-hydroxylation sites is 1. The normalized spacial score (nSPS) is 16.2. The molecule has 0 radical (unpaired) electrons. The number of nitrogens with zero attached hydrogens (tertiary/aromatic N) is 3. The first kappa shape index (κ1) is 24.7. The number of amides is 3. The van der Waals surface area contributed by atoms with Gasteiger partial charge in [-0.1, -0.05) is 32.0 Å². The Morgan fingerprint density at radius 1 is 1.18 bits per heavy atom. The minimum Gasteiger partial charge on any atom is -0.424 e. The lowest BCUT2D eigenvalue weighted by Gasteiger charge is -2.31. The van der Waals surface area contributed by atoms with Crippen molar-refractivity contribution in [2.24, 2.45) is 5.92 Å². The Morgan fingerprint density at radius 3 is 2.59 bits per heavy atom. The summed E-state index contributed by atoms with van der Waals surface area (Å²) in [5.74, 6) is -0.604. The van der Waals surface area contributed by atoms with E-state index in [4.69, 9.17) is 4.74 Å². The van der Waals surface area contributed by atoms with Crippen LogP contribution in [0.1, 0.15) is 31.9 Å². The summed E-state index contributed by atoms with van der Waals surface area (Å²) in [6, 6.07) is 10.7. The molecule has 0 bridgehead atoms. The number of hydrogen-bond acceptors (Lipinski definition) is 7. The quantitative estimate of drug-likeness (QED) is 0.571. The number of nitriles is 1. The molecule has 34 heavy (non-hydrogen) atoms. The summed E-state index contributed by atoms with van der Waals surface area (Å²) in [4.78, 5) is 44.5. The van der Waals surface area contributed by atoms with E-state index in [1.165, 1.54) is 4.90 Å². The first-order valence-corrected chi connectivity index (χ1v) is 11.0. The number of likely N-dealkylation sites (N-methyl/N-ethyl adjacent to an activating group) is 1. The fourth-order valence-corrected chi connectivity index (χ4v) is 3.59. The van der Waals surface area contributed by atoms with Gasteiger partial charge in [0.25, 0.3) is 5.91 Å². The number of aromatic nitrogens is 1. The van der Waals surface area contributed by atoms with Gasteiger partial charge >= 0.3 is 6.09 Å². The van der Waals surface area contributed by atoms with E-state index in [1.807, 2.05) is 19.9 Å². The smallest absolute Gasteiger partial charge is 0.413 e. The maximum atomic E-state index is 13.6. The van der Waals surface area contributed by atoms with Crippen molar-refractivity contribution >= 4 is 29.4 Å². The van der Waals surface area contributed by atoms with Crippen LogP contribution in [0.25, 0.3) is 0 Å². The van der Waals surface area contributed by atoms with Crippen molar-refractivity contribution < 1.29 is 19.1 Å². The highest BCUT2D eigenvalue weighted by Gasteiger charge is 2.41. The Morgan fingerprint density at radius 2 is 1.91 bits per heavy atom. The highest BCUT2D eigenvalue weighted by atomic mass is 16.6. The van der Waals surface area contributed by atoms with Crippen molar-refractivity contribution in [3.05, 3.63) is 53.7 Å². The van der Waals surface area contributed by atoms with Crippen LogP contribution < -0.4 is 20.9 Å². The summed E-state index contributed by atoms with van der Waals surface area (Å²) in [5.41, 5.74) is 1.32. The Kier molecular flexibility index (Phi) is 7.81. The molecule has 1 aliphatic heterocycles. The molecule has 0 fully saturated rings. The van der Waals surface area contributed by atoms with Gasteiger partial charge < -0.3 is 15.4 Å². The lowest BCUT2D eigenvalue weighted by Crippen LogP contribution is -2.56.